The van der Waals surface area contributed by atoms with E-state index in [1.165, 1.54) is 43.4 Å². The number of amides is 2. The molecule has 1 aliphatic heterocycles. The van der Waals surface area contributed by atoms with Gasteiger partial charge in [-0.1, -0.05) is 30.6 Å². The lowest BCUT2D eigenvalue weighted by molar-refractivity contribution is 0.120. The van der Waals surface area contributed by atoms with Gasteiger partial charge in [-0.05, 0) is 25.7 Å². The van der Waals surface area contributed by atoms with Crippen LogP contribution in [0.15, 0.2) is 0 Å². The van der Waals surface area contributed by atoms with Crippen LogP contribution in [0.3, 0.4) is 0 Å². The highest BCUT2D eigenvalue weighted by Crippen LogP contribution is 2.29. The van der Waals surface area contributed by atoms with Gasteiger partial charge in [-0.2, -0.15) is 0 Å². The van der Waals surface area contributed by atoms with Crippen LogP contribution in [0, 0.1) is 0 Å². The van der Waals surface area contributed by atoms with E-state index in [-0.39, 0.29) is 6.03 Å². The SMILES string of the molecule is O=C(Nc1nnc(N2CCN(C3CCC3)CC2)s1)NC1CCCC1. The van der Waals surface area contributed by atoms with Crippen LogP contribution >= 0.6 is 11.3 Å². The average molecular weight is 350 g/mol. The highest BCUT2D eigenvalue weighted by molar-refractivity contribution is 7.19. The van der Waals surface area contributed by atoms with Crippen molar-refractivity contribution < 1.29 is 4.79 Å². The van der Waals surface area contributed by atoms with Crippen molar-refractivity contribution in [2.75, 3.05) is 36.4 Å². The molecular weight excluding hydrogens is 324 g/mol. The van der Waals surface area contributed by atoms with Gasteiger partial charge in [-0.25, -0.2) is 4.79 Å². The molecule has 24 heavy (non-hydrogen) atoms. The number of hydrogen-bond donors (Lipinski definition) is 2. The number of nitrogens with one attached hydrogen (secondary N) is 2. The highest BCUT2D eigenvalue weighted by atomic mass is 32.1. The van der Waals surface area contributed by atoms with Gasteiger partial charge >= 0.3 is 6.03 Å². The maximum atomic E-state index is 12.0. The molecule has 0 spiro atoms. The van der Waals surface area contributed by atoms with E-state index < -0.39 is 0 Å². The van der Waals surface area contributed by atoms with Crippen molar-refractivity contribution in [1.82, 2.24) is 20.4 Å². The first kappa shape index (κ1) is 16.1. The molecule has 0 radical (unpaired) electrons. The molecule has 1 aromatic heterocycles. The zero-order chi connectivity index (χ0) is 16.4. The molecule has 1 saturated heterocycles. The van der Waals surface area contributed by atoms with Crippen LogP contribution in [0.4, 0.5) is 15.1 Å². The highest BCUT2D eigenvalue weighted by Gasteiger charge is 2.29. The number of aromatic nitrogens is 2. The summed E-state index contributed by atoms with van der Waals surface area (Å²) >= 11 is 1.47. The van der Waals surface area contributed by atoms with Crippen LogP contribution < -0.4 is 15.5 Å². The third-order valence-corrected chi connectivity index (χ3v) is 6.40. The summed E-state index contributed by atoms with van der Waals surface area (Å²) in [6.07, 6.45) is 8.70. The van der Waals surface area contributed by atoms with Gasteiger partial charge < -0.3 is 10.2 Å². The van der Waals surface area contributed by atoms with Crippen molar-refractivity contribution in [2.24, 2.45) is 0 Å². The van der Waals surface area contributed by atoms with Gasteiger partial charge in [-0.15, -0.1) is 10.2 Å². The number of anilines is 2. The summed E-state index contributed by atoms with van der Waals surface area (Å²) in [6, 6.07) is 0.981. The monoisotopic (exact) mass is 350 g/mol. The standard InChI is InChI=1S/C16H26N6OS/c23-14(17-12-4-1-2-5-12)18-15-19-20-16(24-15)22-10-8-21(9-11-22)13-6-3-7-13/h12-13H,1-11H2,(H2,17,18,19,23). The van der Waals surface area contributed by atoms with Crippen LogP contribution in [0.5, 0.6) is 0 Å². The smallest absolute Gasteiger partial charge is 0.321 e. The van der Waals surface area contributed by atoms with Crippen molar-refractivity contribution >= 4 is 27.6 Å². The first-order valence-corrected chi connectivity index (χ1v) is 9.99. The minimum absolute atomic E-state index is 0.153. The molecule has 0 unspecified atom stereocenters. The lowest BCUT2D eigenvalue weighted by Crippen LogP contribution is -2.52. The number of rotatable bonds is 4. The van der Waals surface area contributed by atoms with Crippen molar-refractivity contribution in [3.63, 3.8) is 0 Å². The number of urea groups is 1. The first-order chi connectivity index (χ1) is 11.8. The van der Waals surface area contributed by atoms with Crippen molar-refractivity contribution in [3.05, 3.63) is 0 Å². The van der Waals surface area contributed by atoms with E-state index in [0.29, 0.717) is 11.2 Å². The number of nitrogens with zero attached hydrogens (tertiary/aromatic N) is 4. The summed E-state index contributed by atoms with van der Waals surface area (Å²) in [4.78, 5) is 16.9. The summed E-state index contributed by atoms with van der Waals surface area (Å²) in [7, 11) is 0. The van der Waals surface area contributed by atoms with Crippen LogP contribution in [0.1, 0.15) is 44.9 Å². The second-order valence-corrected chi connectivity index (χ2v) is 8.03. The average Bonchev–Trinajstić information content (AvgIpc) is 3.18. The fraction of sp³-hybridized carbons (Fsp3) is 0.812. The normalized spacial score (nSPS) is 23.2. The van der Waals surface area contributed by atoms with Gasteiger partial charge in [0.05, 0.1) is 0 Å². The first-order valence-electron chi connectivity index (χ1n) is 9.18. The van der Waals surface area contributed by atoms with Crippen molar-refractivity contribution in [1.29, 1.82) is 0 Å². The molecule has 2 N–H and O–H groups in total. The Bertz CT molecular complexity index is 561. The molecule has 2 amide bonds. The third kappa shape index (κ3) is 3.64. The number of hydrogen-bond acceptors (Lipinski definition) is 6. The number of carbonyl (C=O) groups excluding carboxylic acids is 1. The van der Waals surface area contributed by atoms with Gasteiger partial charge in [0, 0.05) is 38.3 Å². The molecule has 0 atom stereocenters. The van der Waals surface area contributed by atoms with E-state index in [9.17, 15) is 4.79 Å². The molecule has 3 fully saturated rings. The van der Waals surface area contributed by atoms with Crippen LogP contribution in [0.25, 0.3) is 0 Å². The van der Waals surface area contributed by atoms with E-state index in [2.05, 4.69) is 30.6 Å². The molecule has 0 bridgehead atoms. The molecule has 8 heteroatoms. The van der Waals surface area contributed by atoms with Gasteiger partial charge in [0.25, 0.3) is 0 Å². The Morgan fingerprint density at radius 2 is 1.75 bits per heavy atom. The topological polar surface area (TPSA) is 73.4 Å². The van der Waals surface area contributed by atoms with E-state index in [4.69, 9.17) is 0 Å². The molecule has 2 heterocycles. The fourth-order valence-corrected chi connectivity index (χ4v) is 4.60. The summed E-state index contributed by atoms with van der Waals surface area (Å²) in [6.45, 7) is 4.21. The molecule has 2 saturated carbocycles. The Kier molecular flexibility index (Phi) is 4.84. The number of carbonyl (C=O) groups is 1. The molecule has 0 aromatic carbocycles. The van der Waals surface area contributed by atoms with Crippen molar-refractivity contribution in [2.45, 2.75) is 57.0 Å². The second-order valence-electron chi connectivity index (χ2n) is 7.08. The second kappa shape index (κ2) is 7.23. The molecule has 3 aliphatic rings. The van der Waals surface area contributed by atoms with Gasteiger partial charge in [0.15, 0.2) is 0 Å². The summed E-state index contributed by atoms with van der Waals surface area (Å²) in [5.41, 5.74) is 0. The lowest BCUT2D eigenvalue weighted by atomic mass is 9.91. The Labute approximate surface area is 146 Å². The predicted molar refractivity (Wildman–Crippen MR) is 95.7 cm³/mol. The van der Waals surface area contributed by atoms with Gasteiger partial charge in [0.2, 0.25) is 10.3 Å². The minimum Gasteiger partial charge on any atom is -0.344 e. The minimum atomic E-state index is -0.153. The lowest BCUT2D eigenvalue weighted by Gasteiger charge is -2.42. The maximum Gasteiger partial charge on any atom is 0.321 e. The van der Waals surface area contributed by atoms with Gasteiger partial charge in [0.1, 0.15) is 0 Å². The quantitative estimate of drug-likeness (QED) is 0.871. The molecular formula is C16H26N6OS. The Morgan fingerprint density at radius 1 is 1.00 bits per heavy atom. The van der Waals surface area contributed by atoms with Crippen molar-refractivity contribution in [3.8, 4) is 0 Å². The molecule has 1 aromatic rings. The molecule has 7 nitrogen and oxygen atoms in total. The van der Waals surface area contributed by atoms with Crippen LogP contribution in [-0.2, 0) is 0 Å². The van der Waals surface area contributed by atoms with Crippen LogP contribution in [-0.4, -0.2) is 59.4 Å². The number of piperazine rings is 1. The zero-order valence-corrected chi connectivity index (χ0v) is 14.9. The van der Waals surface area contributed by atoms with Gasteiger partial charge in [-0.3, -0.25) is 10.2 Å². The predicted octanol–water partition coefficient (Wildman–Crippen LogP) is 2.28. The summed E-state index contributed by atoms with van der Waals surface area (Å²) in [5.74, 6) is 0. The Hall–Kier alpha value is -1.41. The van der Waals surface area contributed by atoms with E-state index >= 15 is 0 Å². The van der Waals surface area contributed by atoms with E-state index in [1.807, 2.05) is 0 Å². The zero-order valence-electron chi connectivity index (χ0n) is 14.0. The van der Waals surface area contributed by atoms with E-state index in [1.54, 1.807) is 0 Å². The summed E-state index contributed by atoms with van der Waals surface area (Å²) < 4.78 is 0. The third-order valence-electron chi connectivity index (χ3n) is 5.50. The van der Waals surface area contributed by atoms with Crippen LogP contribution in [0.2, 0.25) is 0 Å². The maximum absolute atomic E-state index is 12.0. The molecule has 2 aliphatic carbocycles. The molecule has 132 valence electrons. The van der Waals surface area contributed by atoms with E-state index in [0.717, 1.165) is 50.2 Å². The Balaban J connectivity index is 1.26. The fourth-order valence-electron chi connectivity index (χ4n) is 3.81. The largest absolute Gasteiger partial charge is 0.344 e. The summed E-state index contributed by atoms with van der Waals surface area (Å²) in [5, 5.41) is 15.7. The molecule has 4 rings (SSSR count). The Morgan fingerprint density at radius 3 is 2.42 bits per heavy atom.